The van der Waals surface area contributed by atoms with Gasteiger partial charge in [-0.15, -0.1) is 0 Å². The quantitative estimate of drug-likeness (QED) is 0.648. The molecule has 0 aliphatic heterocycles. The van der Waals surface area contributed by atoms with Crippen molar-refractivity contribution in [1.82, 2.24) is 9.88 Å². The molecule has 1 aromatic heterocycles. The molecule has 0 N–H and O–H groups in total. The normalized spacial score (nSPS) is 12.0. The van der Waals surface area contributed by atoms with Crippen molar-refractivity contribution in [3.05, 3.63) is 70.4 Å². The first-order chi connectivity index (χ1) is 12.4. The molecule has 1 unspecified atom stereocenters. The number of benzene rings is 2. The molecule has 0 aliphatic rings. The number of carbonyl (C=O) groups excluding carboxylic acids is 1. The summed E-state index contributed by atoms with van der Waals surface area (Å²) in [5.41, 5.74) is 3.05. The molecule has 0 saturated carbocycles. The van der Waals surface area contributed by atoms with Crippen molar-refractivity contribution in [3.63, 3.8) is 0 Å². The fraction of sp³-hybridized carbons (Fsp3) is 0.238. The predicted molar refractivity (Wildman–Crippen MR) is 105 cm³/mol. The minimum Gasteiger partial charge on any atom is -0.496 e. The summed E-state index contributed by atoms with van der Waals surface area (Å²) in [6.07, 6.45) is 0. The van der Waals surface area contributed by atoms with Gasteiger partial charge >= 0.3 is 0 Å². The molecule has 3 rings (SSSR count). The third-order valence-corrected chi connectivity index (χ3v) is 4.92. The highest BCUT2D eigenvalue weighted by atomic mass is 35.5. The standard InChI is InChI=1S/C21H21ClN2O2/c1-13-18(12-15-11-16(22)9-10-19(15)23-13)21(25)24(3)14(2)17-7-5-6-8-20(17)26-4/h5-12,14H,1-4H3. The summed E-state index contributed by atoms with van der Waals surface area (Å²) in [5.74, 6) is 0.676. The summed E-state index contributed by atoms with van der Waals surface area (Å²) in [7, 11) is 3.43. The third kappa shape index (κ3) is 3.37. The fourth-order valence-electron chi connectivity index (χ4n) is 3.05. The zero-order valence-electron chi connectivity index (χ0n) is 15.3. The number of carbonyl (C=O) groups is 1. The summed E-state index contributed by atoms with van der Waals surface area (Å²) in [6.45, 7) is 3.83. The number of halogens is 1. The Bertz CT molecular complexity index is 971. The number of nitrogens with zero attached hydrogens (tertiary/aromatic N) is 2. The highest BCUT2D eigenvalue weighted by Crippen LogP contribution is 2.30. The number of aromatic nitrogens is 1. The molecule has 0 saturated heterocycles. The molecule has 1 atom stereocenters. The van der Waals surface area contributed by atoms with Crippen LogP contribution in [0.2, 0.25) is 5.02 Å². The van der Waals surface area contributed by atoms with E-state index >= 15 is 0 Å². The van der Waals surface area contributed by atoms with Crippen molar-refractivity contribution in [2.75, 3.05) is 14.2 Å². The van der Waals surface area contributed by atoms with E-state index in [0.29, 0.717) is 16.3 Å². The second-order valence-electron chi connectivity index (χ2n) is 6.29. The van der Waals surface area contributed by atoms with Crippen LogP contribution < -0.4 is 4.74 Å². The number of amides is 1. The molecule has 5 heteroatoms. The lowest BCUT2D eigenvalue weighted by atomic mass is 10.0. The third-order valence-electron chi connectivity index (χ3n) is 4.69. The molecule has 1 heterocycles. The monoisotopic (exact) mass is 368 g/mol. The highest BCUT2D eigenvalue weighted by Gasteiger charge is 2.23. The van der Waals surface area contributed by atoms with Crippen LogP contribution >= 0.6 is 11.6 Å². The fourth-order valence-corrected chi connectivity index (χ4v) is 3.23. The maximum atomic E-state index is 13.1. The Morgan fingerprint density at radius 1 is 1.19 bits per heavy atom. The van der Waals surface area contributed by atoms with E-state index in [1.807, 2.05) is 56.3 Å². The number of rotatable bonds is 4. The number of fused-ring (bicyclic) bond motifs is 1. The van der Waals surface area contributed by atoms with Crippen LogP contribution in [0, 0.1) is 6.92 Å². The molecule has 0 bridgehead atoms. The van der Waals surface area contributed by atoms with Gasteiger partial charge in [0.05, 0.1) is 29.9 Å². The van der Waals surface area contributed by atoms with Crippen LogP contribution in [-0.4, -0.2) is 29.9 Å². The molecule has 1 amide bonds. The highest BCUT2D eigenvalue weighted by molar-refractivity contribution is 6.31. The maximum absolute atomic E-state index is 13.1. The van der Waals surface area contributed by atoms with Gasteiger partial charge in [0.2, 0.25) is 0 Å². The lowest BCUT2D eigenvalue weighted by Gasteiger charge is -2.27. The number of hydrogen-bond acceptors (Lipinski definition) is 3. The van der Waals surface area contributed by atoms with Gasteiger partial charge in [0.15, 0.2) is 0 Å². The molecule has 0 radical (unpaired) electrons. The Kier molecular flexibility index (Phi) is 5.14. The zero-order valence-corrected chi connectivity index (χ0v) is 16.0. The molecule has 0 fully saturated rings. The predicted octanol–water partition coefficient (Wildman–Crippen LogP) is 5.04. The van der Waals surface area contributed by atoms with Gasteiger partial charge in [-0.25, -0.2) is 0 Å². The largest absolute Gasteiger partial charge is 0.496 e. The first kappa shape index (κ1) is 18.2. The van der Waals surface area contributed by atoms with Crippen molar-refractivity contribution < 1.29 is 9.53 Å². The lowest BCUT2D eigenvalue weighted by Crippen LogP contribution is -2.30. The molecule has 26 heavy (non-hydrogen) atoms. The van der Waals surface area contributed by atoms with Gasteiger partial charge in [0.1, 0.15) is 5.75 Å². The Hall–Kier alpha value is -2.59. The first-order valence-electron chi connectivity index (χ1n) is 8.39. The van der Waals surface area contributed by atoms with Gasteiger partial charge in [0.25, 0.3) is 5.91 Å². The van der Waals surface area contributed by atoms with Gasteiger partial charge in [-0.3, -0.25) is 9.78 Å². The first-order valence-corrected chi connectivity index (χ1v) is 8.77. The zero-order chi connectivity index (χ0) is 18.8. The number of pyridine rings is 1. The van der Waals surface area contributed by atoms with Crippen molar-refractivity contribution in [2.45, 2.75) is 19.9 Å². The molecule has 134 valence electrons. The second kappa shape index (κ2) is 7.34. The number of para-hydroxylation sites is 1. The van der Waals surface area contributed by atoms with E-state index in [4.69, 9.17) is 16.3 Å². The second-order valence-corrected chi connectivity index (χ2v) is 6.73. The molecule has 0 spiro atoms. The Morgan fingerprint density at radius 3 is 2.65 bits per heavy atom. The van der Waals surface area contributed by atoms with Crippen LogP contribution in [0.4, 0.5) is 0 Å². The van der Waals surface area contributed by atoms with Crippen LogP contribution in [0.15, 0.2) is 48.5 Å². The Balaban J connectivity index is 1.97. The SMILES string of the molecule is COc1ccccc1C(C)N(C)C(=O)c1cc2cc(Cl)ccc2nc1C. The molecule has 0 aliphatic carbocycles. The van der Waals surface area contributed by atoms with E-state index in [0.717, 1.165) is 22.2 Å². The smallest absolute Gasteiger partial charge is 0.255 e. The summed E-state index contributed by atoms with van der Waals surface area (Å²) in [4.78, 5) is 19.4. The number of hydrogen-bond donors (Lipinski definition) is 0. The van der Waals surface area contributed by atoms with Crippen LogP contribution in [-0.2, 0) is 0 Å². The molecule has 2 aromatic carbocycles. The minimum absolute atomic E-state index is 0.0877. The average molecular weight is 369 g/mol. The Labute approximate surface area is 158 Å². The van der Waals surface area contributed by atoms with Crippen LogP contribution in [0.5, 0.6) is 5.75 Å². The maximum Gasteiger partial charge on any atom is 0.255 e. The van der Waals surface area contributed by atoms with Gasteiger partial charge in [0, 0.05) is 23.0 Å². The van der Waals surface area contributed by atoms with Crippen LogP contribution in [0.3, 0.4) is 0 Å². The van der Waals surface area contributed by atoms with Crippen molar-refractivity contribution in [1.29, 1.82) is 0 Å². The molecular weight excluding hydrogens is 348 g/mol. The van der Waals surface area contributed by atoms with Gasteiger partial charge in [-0.2, -0.15) is 0 Å². The summed E-state index contributed by atoms with van der Waals surface area (Å²) >= 11 is 6.08. The number of aryl methyl sites for hydroxylation is 1. The summed E-state index contributed by atoms with van der Waals surface area (Å²) < 4.78 is 5.43. The Morgan fingerprint density at radius 2 is 1.92 bits per heavy atom. The summed E-state index contributed by atoms with van der Waals surface area (Å²) in [5, 5.41) is 1.47. The number of methoxy groups -OCH3 is 1. The van der Waals surface area contributed by atoms with Crippen molar-refractivity contribution in [3.8, 4) is 5.75 Å². The topological polar surface area (TPSA) is 42.4 Å². The minimum atomic E-state index is -0.145. The lowest BCUT2D eigenvalue weighted by molar-refractivity contribution is 0.0740. The average Bonchev–Trinajstić information content (AvgIpc) is 2.66. The van der Waals surface area contributed by atoms with Crippen molar-refractivity contribution in [2.24, 2.45) is 0 Å². The van der Waals surface area contributed by atoms with Gasteiger partial charge < -0.3 is 9.64 Å². The van der Waals surface area contributed by atoms with Gasteiger partial charge in [-0.1, -0.05) is 29.8 Å². The van der Waals surface area contributed by atoms with E-state index < -0.39 is 0 Å². The van der Waals surface area contributed by atoms with E-state index in [9.17, 15) is 4.79 Å². The molecular formula is C21H21ClN2O2. The van der Waals surface area contributed by atoms with Crippen LogP contribution in [0.25, 0.3) is 10.9 Å². The molecule has 3 aromatic rings. The molecule has 4 nitrogen and oxygen atoms in total. The van der Waals surface area contributed by atoms with E-state index in [1.165, 1.54) is 0 Å². The van der Waals surface area contributed by atoms with Crippen molar-refractivity contribution >= 4 is 28.4 Å². The van der Waals surface area contributed by atoms with E-state index in [2.05, 4.69) is 4.98 Å². The number of ether oxygens (including phenoxy) is 1. The van der Waals surface area contributed by atoms with Gasteiger partial charge in [-0.05, 0) is 44.2 Å². The van der Waals surface area contributed by atoms with E-state index in [-0.39, 0.29) is 11.9 Å². The van der Waals surface area contributed by atoms with Crippen LogP contribution in [0.1, 0.15) is 34.6 Å². The van der Waals surface area contributed by atoms with E-state index in [1.54, 1.807) is 25.1 Å². The summed E-state index contributed by atoms with van der Waals surface area (Å²) in [6, 6.07) is 14.9.